The maximum Gasteiger partial charge on any atom is 0.0602 e. The highest BCUT2D eigenvalue weighted by Gasteiger charge is 2.20. The first-order chi connectivity index (χ1) is 4.72. The standard InChI is InChI=1S/C8H14O2/c1-2-6-3-7(9)5-8(10)4-6/h2,7-10H,3-5H2,1H3/t7-,8+. The molecule has 0 aromatic rings. The average Bonchev–Trinajstić information content (AvgIpc) is 1.85. The van der Waals surface area contributed by atoms with E-state index in [4.69, 9.17) is 0 Å². The summed E-state index contributed by atoms with van der Waals surface area (Å²) in [7, 11) is 0. The fourth-order valence-corrected chi connectivity index (χ4v) is 1.41. The molecule has 1 fully saturated rings. The molecule has 1 aliphatic carbocycles. The van der Waals surface area contributed by atoms with Gasteiger partial charge in [-0.25, -0.2) is 0 Å². The van der Waals surface area contributed by atoms with E-state index in [1.54, 1.807) is 0 Å². The molecule has 2 nitrogen and oxygen atoms in total. The van der Waals surface area contributed by atoms with Crippen molar-refractivity contribution in [3.63, 3.8) is 0 Å². The van der Waals surface area contributed by atoms with Crippen LogP contribution in [0.15, 0.2) is 11.6 Å². The molecule has 0 aromatic carbocycles. The summed E-state index contributed by atoms with van der Waals surface area (Å²) in [6.07, 6.45) is 3.36. The molecule has 0 heterocycles. The average molecular weight is 142 g/mol. The first-order valence-corrected chi connectivity index (χ1v) is 3.72. The van der Waals surface area contributed by atoms with Gasteiger partial charge >= 0.3 is 0 Å². The number of aliphatic hydroxyl groups is 2. The van der Waals surface area contributed by atoms with Crippen LogP contribution in [0.4, 0.5) is 0 Å². The van der Waals surface area contributed by atoms with Crippen LogP contribution in [-0.4, -0.2) is 22.4 Å². The van der Waals surface area contributed by atoms with Gasteiger partial charge < -0.3 is 10.2 Å². The van der Waals surface area contributed by atoms with Gasteiger partial charge in [0.2, 0.25) is 0 Å². The minimum Gasteiger partial charge on any atom is -0.393 e. The molecule has 1 saturated carbocycles. The van der Waals surface area contributed by atoms with E-state index in [-0.39, 0.29) is 12.2 Å². The van der Waals surface area contributed by atoms with Crippen molar-refractivity contribution in [1.82, 2.24) is 0 Å². The van der Waals surface area contributed by atoms with Gasteiger partial charge in [0.1, 0.15) is 0 Å². The zero-order valence-corrected chi connectivity index (χ0v) is 6.25. The Morgan fingerprint density at radius 1 is 1.30 bits per heavy atom. The second kappa shape index (κ2) is 3.17. The van der Waals surface area contributed by atoms with Gasteiger partial charge in [0.25, 0.3) is 0 Å². The molecule has 0 bridgehead atoms. The molecule has 0 radical (unpaired) electrons. The fraction of sp³-hybridized carbons (Fsp3) is 0.750. The number of hydrogen-bond acceptors (Lipinski definition) is 2. The SMILES string of the molecule is CC=C1C[C@@H](O)C[C@@H](O)C1. The van der Waals surface area contributed by atoms with Crippen LogP contribution in [0.2, 0.25) is 0 Å². The van der Waals surface area contributed by atoms with Crippen LogP contribution < -0.4 is 0 Å². The minimum atomic E-state index is -0.324. The van der Waals surface area contributed by atoms with Crippen LogP contribution >= 0.6 is 0 Å². The van der Waals surface area contributed by atoms with Crippen molar-refractivity contribution >= 4 is 0 Å². The van der Waals surface area contributed by atoms with Gasteiger partial charge in [-0.05, 0) is 26.2 Å². The molecule has 2 heteroatoms. The molecule has 0 aliphatic heterocycles. The van der Waals surface area contributed by atoms with Gasteiger partial charge in [0, 0.05) is 0 Å². The minimum absolute atomic E-state index is 0.324. The maximum atomic E-state index is 9.18. The second-order valence-electron chi connectivity index (χ2n) is 2.90. The molecule has 2 N–H and O–H groups in total. The summed E-state index contributed by atoms with van der Waals surface area (Å²) in [5.74, 6) is 0. The van der Waals surface area contributed by atoms with Crippen LogP contribution in [0, 0.1) is 0 Å². The lowest BCUT2D eigenvalue weighted by Gasteiger charge is -2.24. The Balaban J connectivity index is 2.51. The van der Waals surface area contributed by atoms with Crippen molar-refractivity contribution in [1.29, 1.82) is 0 Å². The van der Waals surface area contributed by atoms with Crippen LogP contribution in [0.5, 0.6) is 0 Å². The van der Waals surface area contributed by atoms with Crippen molar-refractivity contribution in [3.05, 3.63) is 11.6 Å². The summed E-state index contributed by atoms with van der Waals surface area (Å²) in [5, 5.41) is 18.4. The number of allylic oxidation sites excluding steroid dienone is 1. The largest absolute Gasteiger partial charge is 0.393 e. The lowest BCUT2D eigenvalue weighted by atomic mass is 9.90. The van der Waals surface area contributed by atoms with Crippen molar-refractivity contribution in [2.75, 3.05) is 0 Å². The van der Waals surface area contributed by atoms with E-state index in [2.05, 4.69) is 0 Å². The molecule has 1 aliphatic rings. The normalized spacial score (nSPS) is 38.5. The van der Waals surface area contributed by atoms with Gasteiger partial charge in [-0.15, -0.1) is 0 Å². The molecule has 0 spiro atoms. The van der Waals surface area contributed by atoms with Crippen LogP contribution in [0.1, 0.15) is 26.2 Å². The second-order valence-corrected chi connectivity index (χ2v) is 2.90. The lowest BCUT2D eigenvalue weighted by molar-refractivity contribution is 0.0609. The Labute approximate surface area is 61.2 Å². The number of aliphatic hydroxyl groups excluding tert-OH is 2. The Kier molecular flexibility index (Phi) is 2.46. The molecule has 0 saturated heterocycles. The highest BCUT2D eigenvalue weighted by Crippen LogP contribution is 2.23. The summed E-state index contributed by atoms with van der Waals surface area (Å²) in [6.45, 7) is 1.94. The van der Waals surface area contributed by atoms with Gasteiger partial charge in [0.15, 0.2) is 0 Å². The van der Waals surface area contributed by atoms with E-state index >= 15 is 0 Å². The summed E-state index contributed by atoms with van der Waals surface area (Å²) in [6, 6.07) is 0. The molecule has 0 aromatic heterocycles. The third-order valence-corrected chi connectivity index (χ3v) is 1.95. The van der Waals surface area contributed by atoms with Crippen molar-refractivity contribution in [3.8, 4) is 0 Å². The summed E-state index contributed by atoms with van der Waals surface area (Å²) >= 11 is 0. The summed E-state index contributed by atoms with van der Waals surface area (Å²) in [4.78, 5) is 0. The number of hydrogen-bond donors (Lipinski definition) is 2. The van der Waals surface area contributed by atoms with E-state index in [1.807, 2.05) is 13.0 Å². The quantitative estimate of drug-likeness (QED) is 0.492. The first-order valence-electron chi connectivity index (χ1n) is 3.72. The molecule has 0 unspecified atom stereocenters. The Bertz CT molecular complexity index is 128. The monoisotopic (exact) mass is 142 g/mol. The van der Waals surface area contributed by atoms with E-state index in [0.29, 0.717) is 6.42 Å². The Hall–Kier alpha value is -0.340. The van der Waals surface area contributed by atoms with Crippen molar-refractivity contribution in [2.24, 2.45) is 0 Å². The third-order valence-electron chi connectivity index (χ3n) is 1.95. The highest BCUT2D eigenvalue weighted by molar-refractivity contribution is 5.06. The fourth-order valence-electron chi connectivity index (χ4n) is 1.41. The Morgan fingerprint density at radius 2 is 1.80 bits per heavy atom. The molecule has 2 atom stereocenters. The molecular formula is C8H14O2. The molecular weight excluding hydrogens is 128 g/mol. The predicted octanol–water partition coefficient (Wildman–Crippen LogP) is 0.838. The summed E-state index contributed by atoms with van der Waals surface area (Å²) in [5.41, 5.74) is 1.17. The molecule has 58 valence electrons. The van der Waals surface area contributed by atoms with Crippen LogP contribution in [0.3, 0.4) is 0 Å². The van der Waals surface area contributed by atoms with E-state index < -0.39 is 0 Å². The van der Waals surface area contributed by atoms with E-state index in [1.165, 1.54) is 5.57 Å². The smallest absolute Gasteiger partial charge is 0.0602 e. The lowest BCUT2D eigenvalue weighted by Crippen LogP contribution is -2.24. The van der Waals surface area contributed by atoms with Crippen molar-refractivity contribution < 1.29 is 10.2 Å². The van der Waals surface area contributed by atoms with Gasteiger partial charge in [-0.2, -0.15) is 0 Å². The maximum absolute atomic E-state index is 9.18. The molecule has 0 amide bonds. The highest BCUT2D eigenvalue weighted by atomic mass is 16.3. The molecule has 10 heavy (non-hydrogen) atoms. The van der Waals surface area contributed by atoms with Gasteiger partial charge in [0.05, 0.1) is 12.2 Å². The third kappa shape index (κ3) is 1.82. The van der Waals surface area contributed by atoms with E-state index in [9.17, 15) is 10.2 Å². The van der Waals surface area contributed by atoms with Crippen molar-refractivity contribution in [2.45, 2.75) is 38.4 Å². The predicted molar refractivity (Wildman–Crippen MR) is 39.6 cm³/mol. The van der Waals surface area contributed by atoms with Crippen LogP contribution in [-0.2, 0) is 0 Å². The van der Waals surface area contributed by atoms with Gasteiger partial charge in [-0.3, -0.25) is 0 Å². The van der Waals surface area contributed by atoms with Gasteiger partial charge in [-0.1, -0.05) is 11.6 Å². The first kappa shape index (κ1) is 7.76. The topological polar surface area (TPSA) is 40.5 Å². The molecule has 1 rings (SSSR count). The summed E-state index contributed by atoms with van der Waals surface area (Å²) < 4.78 is 0. The zero-order chi connectivity index (χ0) is 7.56. The Morgan fingerprint density at radius 3 is 2.20 bits per heavy atom. The zero-order valence-electron chi connectivity index (χ0n) is 6.25. The van der Waals surface area contributed by atoms with E-state index in [0.717, 1.165) is 12.8 Å². The van der Waals surface area contributed by atoms with Crippen LogP contribution in [0.25, 0.3) is 0 Å². The number of rotatable bonds is 0.